The molecule has 2 nitrogen and oxygen atoms in total. The Morgan fingerprint density at radius 1 is 0.976 bits per heavy atom. The van der Waals surface area contributed by atoms with Crippen LogP contribution in [0, 0.1) is 0 Å². The second-order valence-corrected chi connectivity index (χ2v) is 12.1. The van der Waals surface area contributed by atoms with Gasteiger partial charge >= 0.3 is 0 Å². The maximum absolute atomic E-state index is 5.07. The summed E-state index contributed by atoms with van der Waals surface area (Å²) in [6.07, 6.45) is 14.4. The standard InChI is InChI=1S/C39H26N2/c1-4-31-36(24-13-5-9-20(24)2)38-33-21(3)25-14-6-10-22-11-7-16-27(34(22)25)28(33)18-29-37-32(41(31)39(29)38)19-40-30-17-23-12-8-15-26(23)35(30)37/h4,6-7,9-11,13-14,16-19,26H,1,3,8,12,15H2,2H3. The normalized spacial score (nSPS) is 18.0. The maximum Gasteiger partial charge on any atom is 0.0728 e. The van der Waals surface area contributed by atoms with Crippen molar-refractivity contribution in [3.05, 3.63) is 112 Å². The third kappa shape index (κ3) is 2.42. The molecule has 192 valence electrons. The summed E-state index contributed by atoms with van der Waals surface area (Å²) in [5.74, 6) is 0.487. The summed E-state index contributed by atoms with van der Waals surface area (Å²) in [6, 6.07) is 15.8. The monoisotopic (exact) mass is 522 g/mol. The minimum absolute atomic E-state index is 0.487. The van der Waals surface area contributed by atoms with Gasteiger partial charge in [0.25, 0.3) is 0 Å². The Morgan fingerprint density at radius 3 is 2.63 bits per heavy atom. The van der Waals surface area contributed by atoms with Crippen molar-refractivity contribution in [3.63, 3.8) is 0 Å². The van der Waals surface area contributed by atoms with Crippen LogP contribution in [0.15, 0.2) is 84.3 Å². The second-order valence-electron chi connectivity index (χ2n) is 12.1. The van der Waals surface area contributed by atoms with Gasteiger partial charge in [0.1, 0.15) is 0 Å². The SMILES string of the molecule is C=Cc1c(C2=C(C)C=C=C2)c2c3c(=C)c4cccc5cccc(c3cc3c6c7c(ncc6n1c32)C=C1CCCC17)c54. The Kier molecular flexibility index (Phi) is 3.86. The Labute approximate surface area is 236 Å². The maximum atomic E-state index is 5.07. The molecular formula is C39H26N2. The molecule has 0 saturated heterocycles. The molecule has 41 heavy (non-hydrogen) atoms. The van der Waals surface area contributed by atoms with E-state index in [1.165, 1.54) is 107 Å². The number of benzene rings is 4. The lowest BCUT2D eigenvalue weighted by Gasteiger charge is -2.15. The first-order chi connectivity index (χ1) is 20.2. The van der Waals surface area contributed by atoms with Gasteiger partial charge in [-0.3, -0.25) is 4.98 Å². The molecule has 0 bridgehead atoms. The van der Waals surface area contributed by atoms with E-state index >= 15 is 0 Å². The number of rotatable bonds is 2. The molecule has 1 unspecified atom stereocenters. The summed E-state index contributed by atoms with van der Waals surface area (Å²) in [5, 5.41) is 12.7. The van der Waals surface area contributed by atoms with E-state index in [9.17, 15) is 0 Å². The van der Waals surface area contributed by atoms with Gasteiger partial charge in [-0.15, -0.1) is 5.73 Å². The van der Waals surface area contributed by atoms with Crippen molar-refractivity contribution in [2.75, 3.05) is 0 Å². The second kappa shape index (κ2) is 7.23. The molecule has 3 aromatic heterocycles. The summed E-state index contributed by atoms with van der Waals surface area (Å²) in [5.41, 5.74) is 14.8. The summed E-state index contributed by atoms with van der Waals surface area (Å²) < 4.78 is 2.45. The van der Waals surface area contributed by atoms with E-state index in [-0.39, 0.29) is 0 Å². The van der Waals surface area contributed by atoms with Gasteiger partial charge in [0.05, 0.1) is 28.6 Å². The lowest BCUT2D eigenvalue weighted by molar-refractivity contribution is 0.800. The highest BCUT2D eigenvalue weighted by Gasteiger charge is 2.35. The lowest BCUT2D eigenvalue weighted by atomic mass is 9.87. The molecule has 0 aliphatic heterocycles. The van der Waals surface area contributed by atoms with Crippen molar-refractivity contribution in [1.82, 2.24) is 9.38 Å². The highest BCUT2D eigenvalue weighted by atomic mass is 14.9. The van der Waals surface area contributed by atoms with E-state index in [0.29, 0.717) is 5.92 Å². The molecule has 1 fully saturated rings. The van der Waals surface area contributed by atoms with E-state index < -0.39 is 0 Å². The average molecular weight is 523 g/mol. The molecule has 1 saturated carbocycles. The molecule has 1 atom stereocenters. The van der Waals surface area contributed by atoms with E-state index in [1.54, 1.807) is 5.57 Å². The summed E-state index contributed by atoms with van der Waals surface area (Å²) >= 11 is 0. The molecule has 0 N–H and O–H groups in total. The number of aromatic nitrogens is 2. The zero-order valence-corrected chi connectivity index (χ0v) is 22.9. The first kappa shape index (κ1) is 21.9. The van der Waals surface area contributed by atoms with Crippen LogP contribution in [0.3, 0.4) is 0 Å². The van der Waals surface area contributed by atoms with Crippen LogP contribution in [0.5, 0.6) is 0 Å². The van der Waals surface area contributed by atoms with Gasteiger partial charge in [0, 0.05) is 27.6 Å². The first-order valence-electron chi connectivity index (χ1n) is 14.6. The van der Waals surface area contributed by atoms with Crippen LogP contribution in [-0.2, 0) is 0 Å². The quantitative estimate of drug-likeness (QED) is 0.126. The number of fused-ring (bicyclic) bond motifs is 10. The smallest absolute Gasteiger partial charge is 0.0728 e. The van der Waals surface area contributed by atoms with Crippen molar-refractivity contribution < 1.29 is 0 Å². The van der Waals surface area contributed by atoms with Gasteiger partial charge in [-0.2, -0.15) is 0 Å². The fraction of sp³-hybridized carbons (Fsp3) is 0.128. The molecule has 0 radical (unpaired) electrons. The van der Waals surface area contributed by atoms with E-state index in [1.807, 2.05) is 6.08 Å². The van der Waals surface area contributed by atoms with Crippen LogP contribution in [-0.4, -0.2) is 9.38 Å². The van der Waals surface area contributed by atoms with Crippen LogP contribution in [0.4, 0.5) is 0 Å². The molecule has 0 spiro atoms. The third-order valence-electron chi connectivity index (χ3n) is 10.2. The molecule has 0 amide bonds. The minimum atomic E-state index is 0.487. The van der Waals surface area contributed by atoms with E-state index in [2.05, 4.69) is 90.5 Å². The van der Waals surface area contributed by atoms with Crippen LogP contribution >= 0.6 is 0 Å². The Hall–Kier alpha value is -4.91. The number of nitrogens with zero attached hydrogens (tertiary/aromatic N) is 2. The number of hydrogen-bond donors (Lipinski definition) is 0. The van der Waals surface area contributed by atoms with Crippen LogP contribution in [0.1, 0.15) is 54.6 Å². The average Bonchev–Trinajstić information content (AvgIpc) is 3.80. The zero-order chi connectivity index (χ0) is 27.1. The van der Waals surface area contributed by atoms with Crippen LogP contribution in [0.2, 0.25) is 0 Å². The van der Waals surface area contributed by atoms with Crippen molar-refractivity contribution in [3.8, 4) is 0 Å². The topological polar surface area (TPSA) is 17.3 Å². The van der Waals surface area contributed by atoms with Crippen molar-refractivity contribution in [2.24, 2.45) is 0 Å². The van der Waals surface area contributed by atoms with Crippen LogP contribution < -0.4 is 5.22 Å². The van der Waals surface area contributed by atoms with Gasteiger partial charge in [-0.25, -0.2) is 0 Å². The lowest BCUT2D eigenvalue weighted by Crippen LogP contribution is -2.04. The first-order valence-corrected chi connectivity index (χ1v) is 14.6. The van der Waals surface area contributed by atoms with E-state index in [4.69, 9.17) is 11.6 Å². The fourth-order valence-corrected chi connectivity index (χ4v) is 8.60. The third-order valence-corrected chi connectivity index (χ3v) is 10.2. The Morgan fingerprint density at radius 2 is 1.83 bits per heavy atom. The number of allylic oxidation sites excluding steroid dienone is 4. The van der Waals surface area contributed by atoms with Gasteiger partial charge in [-0.05, 0) is 111 Å². The molecular weight excluding hydrogens is 496 g/mol. The minimum Gasteiger partial charge on any atom is -0.306 e. The summed E-state index contributed by atoms with van der Waals surface area (Å²) in [6.45, 7) is 11.3. The summed E-state index contributed by atoms with van der Waals surface area (Å²) in [7, 11) is 0. The van der Waals surface area contributed by atoms with Gasteiger partial charge in [0.15, 0.2) is 0 Å². The Balaban J connectivity index is 1.55. The molecule has 4 aromatic carbocycles. The summed E-state index contributed by atoms with van der Waals surface area (Å²) in [4.78, 5) is 5.07. The van der Waals surface area contributed by atoms with Gasteiger partial charge < -0.3 is 4.40 Å². The van der Waals surface area contributed by atoms with Gasteiger partial charge in [-0.1, -0.05) is 55.1 Å². The molecule has 3 aliphatic rings. The van der Waals surface area contributed by atoms with Crippen molar-refractivity contribution in [2.45, 2.75) is 32.1 Å². The Bertz CT molecular complexity index is 2570. The van der Waals surface area contributed by atoms with Crippen molar-refractivity contribution >= 4 is 83.8 Å². The fourth-order valence-electron chi connectivity index (χ4n) is 8.60. The molecule has 10 rings (SSSR count). The predicted molar refractivity (Wildman–Crippen MR) is 175 cm³/mol. The van der Waals surface area contributed by atoms with Crippen LogP contribution in [0.25, 0.3) is 83.8 Å². The molecule has 2 heteroatoms. The largest absolute Gasteiger partial charge is 0.306 e. The predicted octanol–water partition coefficient (Wildman–Crippen LogP) is 9.47. The number of hydrogen-bond acceptors (Lipinski definition) is 1. The van der Waals surface area contributed by atoms with Crippen molar-refractivity contribution in [1.29, 1.82) is 0 Å². The highest BCUT2D eigenvalue weighted by molar-refractivity contribution is 6.33. The van der Waals surface area contributed by atoms with Gasteiger partial charge in [0.2, 0.25) is 0 Å². The molecule has 7 aromatic rings. The van der Waals surface area contributed by atoms with E-state index in [0.717, 1.165) is 10.9 Å². The molecule has 3 aliphatic carbocycles. The zero-order valence-electron chi connectivity index (χ0n) is 22.9. The highest BCUT2D eigenvalue weighted by Crippen LogP contribution is 2.53. The number of pyridine rings is 1. The molecule has 3 heterocycles.